The smallest absolute Gasteiger partial charge is 0.294 e. The molecule has 24 heavy (non-hydrogen) atoms. The van der Waals surface area contributed by atoms with E-state index in [0.29, 0.717) is 10.7 Å². The fraction of sp³-hybridized carbons (Fsp3) is 0.0667. The van der Waals surface area contributed by atoms with Crippen molar-refractivity contribution in [2.24, 2.45) is 0 Å². The van der Waals surface area contributed by atoms with Crippen molar-refractivity contribution in [1.29, 1.82) is 0 Å². The lowest BCUT2D eigenvalue weighted by atomic mass is 10.2. The van der Waals surface area contributed by atoms with Crippen LogP contribution in [0, 0.1) is 0 Å². The van der Waals surface area contributed by atoms with Crippen molar-refractivity contribution in [3.63, 3.8) is 0 Å². The number of nitrogens with zero attached hydrogens (tertiary/aromatic N) is 2. The molecule has 2 N–H and O–H groups in total. The number of thiazole rings is 1. The Bertz CT molecular complexity index is 833. The van der Waals surface area contributed by atoms with Crippen LogP contribution >= 0.6 is 23.1 Å². The average molecular weight is 361 g/mol. The summed E-state index contributed by atoms with van der Waals surface area (Å²) in [5.41, 5.74) is 0.590. The van der Waals surface area contributed by atoms with Crippen LogP contribution in [0.1, 0.15) is 5.56 Å². The van der Waals surface area contributed by atoms with Crippen LogP contribution in [0.3, 0.4) is 0 Å². The maximum Gasteiger partial charge on any atom is 0.294 e. The number of rotatable bonds is 4. The van der Waals surface area contributed by atoms with E-state index in [9.17, 15) is 19.5 Å². The predicted molar refractivity (Wildman–Crippen MR) is 91.5 cm³/mol. The van der Waals surface area contributed by atoms with E-state index in [-0.39, 0.29) is 17.2 Å². The number of aromatic nitrogens is 1. The van der Waals surface area contributed by atoms with Gasteiger partial charge < -0.3 is 10.4 Å². The van der Waals surface area contributed by atoms with Crippen molar-refractivity contribution in [2.75, 3.05) is 11.9 Å². The highest BCUT2D eigenvalue weighted by atomic mass is 32.2. The quantitative estimate of drug-likeness (QED) is 0.812. The number of phenolic OH excluding ortho intramolecular Hbond substituents is 1. The van der Waals surface area contributed by atoms with Crippen LogP contribution in [0.4, 0.5) is 9.93 Å². The van der Waals surface area contributed by atoms with Gasteiger partial charge in [0.2, 0.25) is 5.91 Å². The monoisotopic (exact) mass is 361 g/mol. The van der Waals surface area contributed by atoms with Gasteiger partial charge in [0.25, 0.3) is 11.1 Å². The van der Waals surface area contributed by atoms with Crippen molar-refractivity contribution in [1.82, 2.24) is 9.88 Å². The van der Waals surface area contributed by atoms with Gasteiger partial charge in [0.05, 0.1) is 4.91 Å². The van der Waals surface area contributed by atoms with Crippen LogP contribution in [-0.4, -0.2) is 38.6 Å². The number of phenols is 1. The number of hydrogen-bond donors (Lipinski definition) is 2. The second-order valence-corrected chi connectivity index (χ2v) is 6.64. The minimum atomic E-state index is -0.539. The molecule has 9 heteroatoms. The molecule has 1 aliphatic rings. The van der Waals surface area contributed by atoms with Crippen molar-refractivity contribution >= 4 is 51.4 Å². The number of imide groups is 1. The maximum absolute atomic E-state index is 12.3. The van der Waals surface area contributed by atoms with Crippen LogP contribution in [0.2, 0.25) is 0 Å². The Morgan fingerprint density at radius 3 is 2.92 bits per heavy atom. The highest BCUT2D eigenvalue weighted by molar-refractivity contribution is 8.18. The molecule has 7 nitrogen and oxygen atoms in total. The first-order valence-electron chi connectivity index (χ1n) is 6.76. The summed E-state index contributed by atoms with van der Waals surface area (Å²) in [7, 11) is 0. The number of carbonyl (C=O) groups is 3. The fourth-order valence-corrected chi connectivity index (χ4v) is 3.37. The number of carbonyl (C=O) groups excluding carboxylic acids is 3. The molecule has 0 spiro atoms. The van der Waals surface area contributed by atoms with E-state index in [0.717, 1.165) is 16.7 Å². The molecule has 122 valence electrons. The summed E-state index contributed by atoms with van der Waals surface area (Å²) in [6.45, 7) is -0.373. The molecule has 1 saturated heterocycles. The van der Waals surface area contributed by atoms with Crippen molar-refractivity contribution in [2.45, 2.75) is 0 Å². The summed E-state index contributed by atoms with van der Waals surface area (Å²) in [4.78, 5) is 41.2. The van der Waals surface area contributed by atoms with Crippen LogP contribution in [-0.2, 0) is 9.59 Å². The van der Waals surface area contributed by atoms with E-state index in [1.807, 2.05) is 0 Å². The van der Waals surface area contributed by atoms with Gasteiger partial charge in [-0.2, -0.15) is 0 Å². The summed E-state index contributed by atoms with van der Waals surface area (Å²) in [6.07, 6.45) is 3.04. The Labute approximate surface area is 145 Å². The Hall–Kier alpha value is -2.65. The number of hydrogen-bond acceptors (Lipinski definition) is 7. The number of aromatic hydroxyl groups is 1. The summed E-state index contributed by atoms with van der Waals surface area (Å²) in [6, 6.07) is 6.31. The van der Waals surface area contributed by atoms with Gasteiger partial charge in [-0.05, 0) is 35.5 Å². The molecule has 1 aromatic carbocycles. The van der Waals surface area contributed by atoms with E-state index in [2.05, 4.69) is 10.3 Å². The molecule has 0 aliphatic carbocycles. The number of thioether (sulfide) groups is 1. The van der Waals surface area contributed by atoms with Gasteiger partial charge in [-0.3, -0.25) is 19.3 Å². The predicted octanol–water partition coefficient (Wildman–Crippen LogP) is 2.52. The lowest BCUT2D eigenvalue weighted by Crippen LogP contribution is -2.36. The molecule has 1 aliphatic heterocycles. The van der Waals surface area contributed by atoms with Gasteiger partial charge in [-0.15, -0.1) is 11.3 Å². The molecule has 3 rings (SSSR count). The second-order valence-electron chi connectivity index (χ2n) is 4.75. The fourth-order valence-electron chi connectivity index (χ4n) is 1.99. The van der Waals surface area contributed by atoms with E-state index < -0.39 is 17.1 Å². The zero-order valence-corrected chi connectivity index (χ0v) is 13.8. The van der Waals surface area contributed by atoms with Gasteiger partial charge >= 0.3 is 0 Å². The van der Waals surface area contributed by atoms with E-state index >= 15 is 0 Å². The Morgan fingerprint density at radius 1 is 1.38 bits per heavy atom. The Kier molecular flexibility index (Phi) is 4.63. The van der Waals surface area contributed by atoms with Crippen LogP contribution in [0.25, 0.3) is 6.08 Å². The van der Waals surface area contributed by atoms with Gasteiger partial charge in [-0.1, -0.05) is 12.1 Å². The van der Waals surface area contributed by atoms with E-state index in [1.165, 1.54) is 29.5 Å². The third-order valence-corrected chi connectivity index (χ3v) is 4.62. The minimum absolute atomic E-state index is 0.0609. The zero-order valence-electron chi connectivity index (χ0n) is 12.1. The number of nitrogens with one attached hydrogen (secondary N) is 1. The molecule has 0 unspecified atom stereocenters. The number of anilines is 1. The highest BCUT2D eigenvalue weighted by Gasteiger charge is 2.36. The van der Waals surface area contributed by atoms with Crippen LogP contribution in [0.15, 0.2) is 40.7 Å². The number of amides is 3. The summed E-state index contributed by atoms with van der Waals surface area (Å²) in [5.74, 6) is -0.973. The zero-order chi connectivity index (χ0) is 17.1. The van der Waals surface area contributed by atoms with E-state index in [1.54, 1.807) is 23.7 Å². The molecule has 3 amide bonds. The summed E-state index contributed by atoms with van der Waals surface area (Å²) in [5, 5.41) is 13.6. The Morgan fingerprint density at radius 2 is 2.21 bits per heavy atom. The topological polar surface area (TPSA) is 99.6 Å². The third kappa shape index (κ3) is 3.63. The molecular weight excluding hydrogens is 350 g/mol. The van der Waals surface area contributed by atoms with Crippen molar-refractivity contribution < 1.29 is 19.5 Å². The first kappa shape index (κ1) is 16.2. The lowest BCUT2D eigenvalue weighted by molar-refractivity contribution is -0.127. The van der Waals surface area contributed by atoms with Gasteiger partial charge in [0, 0.05) is 11.6 Å². The first-order chi connectivity index (χ1) is 11.5. The highest BCUT2D eigenvalue weighted by Crippen LogP contribution is 2.32. The summed E-state index contributed by atoms with van der Waals surface area (Å²) >= 11 is 2.00. The van der Waals surface area contributed by atoms with Gasteiger partial charge in [-0.25, -0.2) is 4.98 Å². The standard InChI is InChI=1S/C15H11N3O4S2/c19-10-3-1-2-9(6-10)7-11-13(21)18(15(22)24-11)8-12(20)17-14-16-4-5-23-14/h1-7,19H,8H2,(H,16,17,20)/b11-7-. The first-order valence-corrected chi connectivity index (χ1v) is 8.46. The normalized spacial score (nSPS) is 16.0. The largest absolute Gasteiger partial charge is 0.508 e. The average Bonchev–Trinajstić information content (AvgIpc) is 3.12. The second kappa shape index (κ2) is 6.85. The van der Waals surface area contributed by atoms with Gasteiger partial charge in [0.15, 0.2) is 5.13 Å². The molecule has 0 atom stereocenters. The van der Waals surface area contributed by atoms with Crippen LogP contribution in [0.5, 0.6) is 5.75 Å². The number of benzene rings is 1. The van der Waals surface area contributed by atoms with Gasteiger partial charge in [0.1, 0.15) is 12.3 Å². The summed E-state index contributed by atoms with van der Waals surface area (Å²) < 4.78 is 0. The third-order valence-electron chi connectivity index (χ3n) is 3.02. The molecule has 0 radical (unpaired) electrons. The van der Waals surface area contributed by atoms with Crippen molar-refractivity contribution in [3.8, 4) is 5.75 Å². The van der Waals surface area contributed by atoms with Crippen LogP contribution < -0.4 is 5.32 Å². The molecule has 2 aromatic rings. The SMILES string of the molecule is O=C(CN1C(=O)S/C(=C\c2cccc(O)c2)C1=O)Nc1nccs1. The van der Waals surface area contributed by atoms with E-state index in [4.69, 9.17) is 0 Å². The molecule has 1 aromatic heterocycles. The molecule has 1 fully saturated rings. The molecular formula is C15H11N3O4S2. The molecule has 0 bridgehead atoms. The van der Waals surface area contributed by atoms with Crippen molar-refractivity contribution in [3.05, 3.63) is 46.3 Å². The molecule has 0 saturated carbocycles. The maximum atomic E-state index is 12.3. The minimum Gasteiger partial charge on any atom is -0.508 e. The lowest BCUT2D eigenvalue weighted by Gasteiger charge is -2.11. The Balaban J connectivity index is 1.71. The molecule has 2 heterocycles.